The van der Waals surface area contributed by atoms with Gasteiger partial charge in [0.15, 0.2) is 0 Å². The van der Waals surface area contributed by atoms with Gasteiger partial charge in [-0.15, -0.1) is 0 Å². The lowest BCUT2D eigenvalue weighted by Gasteiger charge is -2.47. The molecule has 0 atom stereocenters. The highest BCUT2D eigenvalue weighted by Crippen LogP contribution is 2.55. The fourth-order valence-corrected chi connectivity index (χ4v) is 1.76. The average Bonchev–Trinajstić information content (AvgIpc) is 1.97. The van der Waals surface area contributed by atoms with Crippen LogP contribution >= 0.6 is 0 Å². The zero-order valence-corrected chi connectivity index (χ0v) is 7.51. The maximum absolute atomic E-state index is 13.4. The number of hydrogen-bond donors (Lipinski definition) is 2. The summed E-state index contributed by atoms with van der Waals surface area (Å²) < 4.78 is 13.4. The molecule has 0 unspecified atom stereocenters. The summed E-state index contributed by atoms with van der Waals surface area (Å²) in [4.78, 5) is 10.8. The van der Waals surface area contributed by atoms with Crippen LogP contribution in [0.4, 0.5) is 4.39 Å². The number of carbonyl (C=O) groups is 1. The topological polar surface area (TPSA) is 57.5 Å². The lowest BCUT2D eigenvalue weighted by Crippen LogP contribution is -2.54. The number of hydrogen-bond acceptors (Lipinski definition) is 2. The Bertz CT molecular complexity index is 238. The smallest absolute Gasteiger partial charge is 0.317 e. The van der Waals surface area contributed by atoms with E-state index in [4.69, 9.17) is 10.2 Å². The van der Waals surface area contributed by atoms with Crippen LogP contribution in [0, 0.1) is 5.41 Å². The number of halogens is 1. The van der Waals surface area contributed by atoms with Crippen LogP contribution in [0.25, 0.3) is 0 Å². The highest BCUT2D eigenvalue weighted by Gasteiger charge is 2.61. The third-order valence-electron chi connectivity index (χ3n) is 2.83. The van der Waals surface area contributed by atoms with Gasteiger partial charge >= 0.3 is 5.97 Å². The number of aliphatic hydroxyl groups excluding tert-OH is 1. The van der Waals surface area contributed by atoms with Crippen LogP contribution in [-0.4, -0.2) is 21.9 Å². The van der Waals surface area contributed by atoms with Gasteiger partial charge in [-0.25, -0.2) is 4.39 Å². The Hall–Kier alpha value is -1.06. The van der Waals surface area contributed by atoms with Gasteiger partial charge in [0, 0.05) is 12.8 Å². The zero-order chi connectivity index (χ0) is 10.3. The molecule has 0 radical (unpaired) electrons. The number of alkyl halides is 1. The maximum Gasteiger partial charge on any atom is 0.317 e. The van der Waals surface area contributed by atoms with E-state index in [9.17, 15) is 9.18 Å². The first-order valence-corrected chi connectivity index (χ1v) is 4.17. The van der Waals surface area contributed by atoms with Crippen molar-refractivity contribution < 1.29 is 19.4 Å². The summed E-state index contributed by atoms with van der Waals surface area (Å²) in [6.07, 6.45) is -0.0579. The summed E-state index contributed by atoms with van der Waals surface area (Å²) in [7, 11) is 0. The molecule has 0 aromatic rings. The van der Waals surface area contributed by atoms with Crippen LogP contribution in [0.1, 0.15) is 26.2 Å². The van der Waals surface area contributed by atoms with E-state index in [1.54, 1.807) is 6.92 Å². The van der Waals surface area contributed by atoms with Crippen molar-refractivity contribution in [1.82, 2.24) is 0 Å². The van der Waals surface area contributed by atoms with E-state index in [0.29, 0.717) is 0 Å². The van der Waals surface area contributed by atoms with Crippen molar-refractivity contribution in [3.63, 3.8) is 0 Å². The normalized spacial score (nSPS) is 38.0. The first-order valence-electron chi connectivity index (χ1n) is 4.17. The molecule has 1 aliphatic carbocycles. The molecule has 1 saturated carbocycles. The second kappa shape index (κ2) is 2.72. The first-order chi connectivity index (χ1) is 5.86. The van der Waals surface area contributed by atoms with E-state index in [1.807, 2.05) is 0 Å². The van der Waals surface area contributed by atoms with E-state index >= 15 is 0 Å². The second-order valence-electron chi connectivity index (χ2n) is 3.69. The Balaban J connectivity index is 2.81. The maximum atomic E-state index is 13.4. The molecule has 74 valence electrons. The minimum Gasteiger partial charge on any atom is -0.512 e. The number of carboxylic acids is 1. The monoisotopic (exact) mass is 188 g/mol. The van der Waals surface area contributed by atoms with Crippen molar-refractivity contribution in [2.75, 3.05) is 0 Å². The van der Waals surface area contributed by atoms with Gasteiger partial charge in [0.1, 0.15) is 16.8 Å². The van der Waals surface area contributed by atoms with Gasteiger partial charge in [-0.1, -0.05) is 13.5 Å². The average molecular weight is 188 g/mol. The molecule has 4 heteroatoms. The van der Waals surface area contributed by atoms with Gasteiger partial charge < -0.3 is 10.2 Å². The minimum absolute atomic E-state index is 0.166. The lowest BCUT2D eigenvalue weighted by molar-refractivity contribution is -0.167. The molecule has 2 N–H and O–H groups in total. The highest BCUT2D eigenvalue weighted by molar-refractivity contribution is 5.79. The molecule has 0 bridgehead atoms. The Morgan fingerprint density at radius 3 is 2.23 bits per heavy atom. The Labute approximate surface area is 75.9 Å². The van der Waals surface area contributed by atoms with Gasteiger partial charge in [-0.2, -0.15) is 0 Å². The van der Waals surface area contributed by atoms with Gasteiger partial charge in [0.05, 0.1) is 0 Å². The molecule has 0 aromatic heterocycles. The Kier molecular flexibility index (Phi) is 2.10. The number of aliphatic carboxylic acids is 1. The summed E-state index contributed by atoms with van der Waals surface area (Å²) in [6.45, 7) is 4.84. The van der Waals surface area contributed by atoms with Gasteiger partial charge in [-0.3, -0.25) is 4.79 Å². The predicted octanol–water partition coefficient (Wildman–Crippen LogP) is 2.04. The quantitative estimate of drug-likeness (QED) is 0.666. The minimum atomic E-state index is -1.44. The van der Waals surface area contributed by atoms with E-state index in [-0.39, 0.29) is 19.3 Å². The van der Waals surface area contributed by atoms with E-state index in [2.05, 4.69) is 6.58 Å². The number of carboxylic acid groups (broad SMARTS) is 1. The van der Waals surface area contributed by atoms with Gasteiger partial charge in [0.25, 0.3) is 0 Å². The van der Waals surface area contributed by atoms with Crippen LogP contribution in [0.5, 0.6) is 0 Å². The van der Waals surface area contributed by atoms with Crippen molar-refractivity contribution in [3.05, 3.63) is 12.3 Å². The largest absolute Gasteiger partial charge is 0.512 e. The molecule has 13 heavy (non-hydrogen) atoms. The summed E-state index contributed by atoms with van der Waals surface area (Å²) in [5.41, 5.74) is -2.88. The van der Waals surface area contributed by atoms with E-state index < -0.39 is 22.8 Å². The molecule has 0 spiro atoms. The molecule has 0 saturated heterocycles. The van der Waals surface area contributed by atoms with Crippen molar-refractivity contribution in [3.8, 4) is 0 Å². The van der Waals surface area contributed by atoms with Crippen LogP contribution in [0.15, 0.2) is 12.3 Å². The van der Waals surface area contributed by atoms with Crippen LogP contribution in [-0.2, 0) is 4.79 Å². The SMILES string of the molecule is C=C(O)C1(C(=O)O)CC(F)(CC)C1. The fourth-order valence-electron chi connectivity index (χ4n) is 1.76. The molecule has 1 fully saturated rings. The first kappa shape index (κ1) is 10.0. The van der Waals surface area contributed by atoms with Crippen molar-refractivity contribution >= 4 is 5.97 Å². The Morgan fingerprint density at radius 2 is 2.00 bits per heavy atom. The third-order valence-corrected chi connectivity index (χ3v) is 2.83. The summed E-state index contributed by atoms with van der Waals surface area (Å²) in [5, 5.41) is 17.9. The van der Waals surface area contributed by atoms with Crippen molar-refractivity contribution in [1.29, 1.82) is 0 Å². The predicted molar refractivity (Wildman–Crippen MR) is 45.2 cm³/mol. The fraction of sp³-hybridized carbons (Fsp3) is 0.667. The van der Waals surface area contributed by atoms with E-state index in [0.717, 1.165) is 0 Å². The summed E-state index contributed by atoms with van der Waals surface area (Å²) >= 11 is 0. The lowest BCUT2D eigenvalue weighted by atomic mass is 9.58. The number of rotatable bonds is 3. The van der Waals surface area contributed by atoms with Crippen LogP contribution in [0.2, 0.25) is 0 Å². The van der Waals surface area contributed by atoms with Crippen LogP contribution in [0.3, 0.4) is 0 Å². The van der Waals surface area contributed by atoms with E-state index in [1.165, 1.54) is 0 Å². The molecule has 0 aliphatic heterocycles. The van der Waals surface area contributed by atoms with Gasteiger partial charge in [0.2, 0.25) is 0 Å². The van der Waals surface area contributed by atoms with Gasteiger partial charge in [-0.05, 0) is 6.42 Å². The molecule has 1 rings (SSSR count). The van der Waals surface area contributed by atoms with Crippen molar-refractivity contribution in [2.24, 2.45) is 5.41 Å². The molecule has 0 amide bonds. The summed E-state index contributed by atoms with van der Waals surface area (Å²) in [6, 6.07) is 0. The molecule has 0 heterocycles. The van der Waals surface area contributed by atoms with Crippen molar-refractivity contribution in [2.45, 2.75) is 31.9 Å². The number of aliphatic hydroxyl groups is 1. The molecular weight excluding hydrogens is 175 g/mol. The second-order valence-corrected chi connectivity index (χ2v) is 3.69. The zero-order valence-electron chi connectivity index (χ0n) is 7.51. The molecule has 3 nitrogen and oxygen atoms in total. The molecule has 0 aromatic carbocycles. The molecular formula is C9H13FO3. The molecule has 1 aliphatic rings. The standard InChI is InChI=1S/C9H13FO3/c1-3-8(10)4-9(5-8,6(2)11)7(12)13/h11H,2-5H2,1H3,(H,12,13). The third kappa shape index (κ3) is 1.30. The van der Waals surface area contributed by atoms with Crippen LogP contribution < -0.4 is 0 Å². The summed E-state index contributed by atoms with van der Waals surface area (Å²) in [5.74, 6) is -1.64. The Morgan fingerprint density at radius 1 is 1.54 bits per heavy atom. The highest BCUT2D eigenvalue weighted by atomic mass is 19.1.